The predicted molar refractivity (Wildman–Crippen MR) is 107 cm³/mol. The van der Waals surface area contributed by atoms with Crippen LogP contribution in [0, 0.1) is 11.7 Å². The zero-order valence-electron chi connectivity index (χ0n) is 14.6. The molecule has 0 bridgehead atoms. The molecule has 2 aromatic heterocycles. The van der Waals surface area contributed by atoms with Gasteiger partial charge in [0.15, 0.2) is 4.77 Å². The van der Waals surface area contributed by atoms with Gasteiger partial charge in [-0.25, -0.2) is 4.98 Å². The summed E-state index contributed by atoms with van der Waals surface area (Å²) in [6.07, 6.45) is 1.68. The molecular formula is C21H17N3O2S. The molecule has 0 aliphatic heterocycles. The van der Waals surface area contributed by atoms with Gasteiger partial charge < -0.3 is 9.84 Å². The van der Waals surface area contributed by atoms with Crippen LogP contribution in [-0.4, -0.2) is 19.2 Å². The lowest BCUT2D eigenvalue weighted by molar-refractivity contribution is 0.437. The van der Waals surface area contributed by atoms with Crippen molar-refractivity contribution in [2.24, 2.45) is 0 Å². The molecule has 0 unspecified atom stereocenters. The van der Waals surface area contributed by atoms with Gasteiger partial charge in [0.2, 0.25) is 11.8 Å². The number of aromatic hydroxyl groups is 1. The van der Waals surface area contributed by atoms with Gasteiger partial charge in [0.05, 0.1) is 23.3 Å². The van der Waals surface area contributed by atoms with Crippen molar-refractivity contribution in [3.05, 3.63) is 89.5 Å². The van der Waals surface area contributed by atoms with Crippen molar-refractivity contribution in [2.75, 3.05) is 0 Å². The van der Waals surface area contributed by atoms with E-state index in [1.807, 2.05) is 73.7 Å². The van der Waals surface area contributed by atoms with Crippen LogP contribution in [0.1, 0.15) is 5.69 Å². The molecule has 0 aliphatic carbocycles. The second-order valence-corrected chi connectivity index (χ2v) is 6.33. The number of para-hydroxylation sites is 2. The maximum Gasteiger partial charge on any atom is 0.219 e. The van der Waals surface area contributed by atoms with E-state index in [4.69, 9.17) is 17.0 Å². The number of rotatable bonds is 4. The fourth-order valence-electron chi connectivity index (χ4n) is 2.88. The Labute approximate surface area is 161 Å². The van der Waals surface area contributed by atoms with Gasteiger partial charge in [0, 0.05) is 6.07 Å². The van der Waals surface area contributed by atoms with Crippen LogP contribution in [0.3, 0.4) is 0 Å². The fraction of sp³-hybridized carbons (Fsp3) is 0.0476. The van der Waals surface area contributed by atoms with E-state index < -0.39 is 0 Å². The minimum Gasteiger partial charge on any atom is -0.493 e. The number of benzene rings is 2. The van der Waals surface area contributed by atoms with Gasteiger partial charge in [-0.05, 0) is 49.5 Å². The summed E-state index contributed by atoms with van der Waals surface area (Å²) in [5.74, 6) is 1.31. The molecule has 0 aliphatic rings. The van der Waals surface area contributed by atoms with Gasteiger partial charge in [-0.3, -0.25) is 9.13 Å². The quantitative estimate of drug-likeness (QED) is 0.498. The van der Waals surface area contributed by atoms with E-state index in [-0.39, 0.29) is 5.88 Å². The van der Waals surface area contributed by atoms with Crippen molar-refractivity contribution < 1.29 is 9.84 Å². The Kier molecular flexibility index (Phi) is 4.48. The summed E-state index contributed by atoms with van der Waals surface area (Å²) in [5.41, 5.74) is 2.20. The molecule has 1 N–H and O–H groups in total. The van der Waals surface area contributed by atoms with E-state index in [2.05, 4.69) is 4.98 Å². The van der Waals surface area contributed by atoms with Crippen LogP contribution in [0.15, 0.2) is 79.0 Å². The van der Waals surface area contributed by atoms with Crippen LogP contribution in [0.2, 0.25) is 0 Å². The van der Waals surface area contributed by atoms with Gasteiger partial charge in [-0.15, -0.1) is 0 Å². The van der Waals surface area contributed by atoms with Crippen molar-refractivity contribution in [3.8, 4) is 28.9 Å². The SMILES string of the molecule is Cc1c(O)n(-c2ccccc2)c(=S)n1-c1ccc(Oc2ccccc2)nc1. The first kappa shape index (κ1) is 17.1. The van der Waals surface area contributed by atoms with Crippen LogP contribution in [0.5, 0.6) is 17.5 Å². The topological polar surface area (TPSA) is 52.2 Å². The molecule has 27 heavy (non-hydrogen) atoms. The normalized spacial score (nSPS) is 10.7. The van der Waals surface area contributed by atoms with Crippen molar-refractivity contribution in [1.29, 1.82) is 0 Å². The summed E-state index contributed by atoms with van der Waals surface area (Å²) < 4.78 is 9.62. The molecule has 5 nitrogen and oxygen atoms in total. The zero-order chi connectivity index (χ0) is 18.8. The Hall–Kier alpha value is -3.38. The van der Waals surface area contributed by atoms with E-state index in [1.54, 1.807) is 21.4 Å². The smallest absolute Gasteiger partial charge is 0.219 e. The van der Waals surface area contributed by atoms with Crippen LogP contribution in [0.4, 0.5) is 0 Å². The average molecular weight is 375 g/mol. The largest absolute Gasteiger partial charge is 0.493 e. The number of nitrogens with zero attached hydrogens (tertiary/aromatic N) is 3. The highest BCUT2D eigenvalue weighted by Gasteiger charge is 2.16. The molecule has 0 saturated heterocycles. The summed E-state index contributed by atoms with van der Waals surface area (Å²) in [7, 11) is 0. The number of hydrogen-bond acceptors (Lipinski definition) is 4. The Morgan fingerprint density at radius 3 is 2.15 bits per heavy atom. The first-order valence-electron chi connectivity index (χ1n) is 8.43. The Morgan fingerprint density at radius 1 is 0.852 bits per heavy atom. The van der Waals surface area contributed by atoms with E-state index in [1.165, 1.54) is 0 Å². The first-order valence-corrected chi connectivity index (χ1v) is 8.84. The average Bonchev–Trinajstić information content (AvgIpc) is 2.93. The van der Waals surface area contributed by atoms with Gasteiger partial charge in [0.25, 0.3) is 0 Å². The molecule has 2 heterocycles. The second kappa shape index (κ2) is 7.09. The molecule has 2 aromatic carbocycles. The molecule has 134 valence electrons. The molecule has 0 atom stereocenters. The van der Waals surface area contributed by atoms with Crippen molar-refractivity contribution in [1.82, 2.24) is 14.1 Å². The Morgan fingerprint density at radius 2 is 1.52 bits per heavy atom. The predicted octanol–water partition coefficient (Wildman–Crippen LogP) is 5.20. The highest BCUT2D eigenvalue weighted by Crippen LogP contribution is 2.28. The number of pyridine rings is 1. The summed E-state index contributed by atoms with van der Waals surface area (Å²) in [6.45, 7) is 1.82. The van der Waals surface area contributed by atoms with Gasteiger partial charge in [-0.2, -0.15) is 0 Å². The van der Waals surface area contributed by atoms with Crippen LogP contribution >= 0.6 is 12.2 Å². The summed E-state index contributed by atoms with van der Waals surface area (Å²) >= 11 is 5.61. The molecule has 0 saturated carbocycles. The van der Waals surface area contributed by atoms with Crippen molar-refractivity contribution in [2.45, 2.75) is 6.92 Å². The third-order valence-corrected chi connectivity index (χ3v) is 4.58. The Bertz CT molecular complexity index is 1120. The van der Waals surface area contributed by atoms with Crippen LogP contribution in [-0.2, 0) is 0 Å². The lowest BCUT2D eigenvalue weighted by Crippen LogP contribution is -2.00. The molecule has 0 spiro atoms. The van der Waals surface area contributed by atoms with E-state index in [0.717, 1.165) is 17.1 Å². The highest BCUT2D eigenvalue weighted by molar-refractivity contribution is 7.71. The van der Waals surface area contributed by atoms with Crippen molar-refractivity contribution in [3.63, 3.8) is 0 Å². The molecule has 4 aromatic rings. The lowest BCUT2D eigenvalue weighted by atomic mass is 10.3. The second-order valence-electron chi connectivity index (χ2n) is 5.97. The first-order chi connectivity index (χ1) is 13.1. The van der Waals surface area contributed by atoms with Gasteiger partial charge in [0.1, 0.15) is 5.75 Å². The van der Waals surface area contributed by atoms with Crippen LogP contribution in [0.25, 0.3) is 11.4 Å². The number of ether oxygens (including phenoxy) is 1. The maximum absolute atomic E-state index is 10.6. The van der Waals surface area contributed by atoms with Gasteiger partial charge in [-0.1, -0.05) is 36.4 Å². The molecule has 4 rings (SSSR count). The monoisotopic (exact) mass is 375 g/mol. The molecular weight excluding hydrogens is 358 g/mol. The summed E-state index contributed by atoms with van der Waals surface area (Å²) in [4.78, 5) is 4.36. The van der Waals surface area contributed by atoms with Crippen molar-refractivity contribution >= 4 is 12.2 Å². The molecule has 0 fully saturated rings. The minimum absolute atomic E-state index is 0.107. The highest BCUT2D eigenvalue weighted by atomic mass is 32.1. The Balaban J connectivity index is 1.71. The third kappa shape index (κ3) is 3.22. The molecule has 0 radical (unpaired) electrons. The lowest BCUT2D eigenvalue weighted by Gasteiger charge is -2.07. The number of aromatic nitrogens is 3. The summed E-state index contributed by atoms with van der Waals surface area (Å²) in [5, 5.41) is 10.6. The van der Waals surface area contributed by atoms with E-state index in [0.29, 0.717) is 16.3 Å². The minimum atomic E-state index is 0.107. The van der Waals surface area contributed by atoms with Gasteiger partial charge >= 0.3 is 0 Å². The molecule has 6 heteroatoms. The van der Waals surface area contributed by atoms with E-state index in [9.17, 15) is 5.11 Å². The number of hydrogen-bond donors (Lipinski definition) is 1. The number of imidazole rings is 1. The molecule has 0 amide bonds. The zero-order valence-corrected chi connectivity index (χ0v) is 15.4. The standard InChI is InChI=1S/C21H17N3O2S/c1-15-20(25)24(16-8-4-2-5-9-16)21(27)23(15)17-12-13-19(22-14-17)26-18-10-6-3-7-11-18/h2-14,25H,1H3. The van der Waals surface area contributed by atoms with E-state index >= 15 is 0 Å². The summed E-state index contributed by atoms with van der Waals surface area (Å²) in [6, 6.07) is 22.6. The third-order valence-electron chi connectivity index (χ3n) is 4.21. The fourth-order valence-corrected chi connectivity index (χ4v) is 3.32. The van der Waals surface area contributed by atoms with Crippen LogP contribution < -0.4 is 4.74 Å². The maximum atomic E-state index is 10.6.